The quantitative estimate of drug-likeness (QED) is 0.450. The maximum Gasteiger partial charge on any atom is 0.299 e. The van der Waals surface area contributed by atoms with Crippen LogP contribution in [0.5, 0.6) is 0 Å². The van der Waals surface area contributed by atoms with E-state index in [2.05, 4.69) is 9.97 Å². The average molecular weight is 273 g/mol. The second-order valence-electron chi connectivity index (χ2n) is 2.55. The first-order valence-corrected chi connectivity index (χ1v) is 7.03. The molecule has 0 aromatic carbocycles. The van der Waals surface area contributed by atoms with Gasteiger partial charge in [0.25, 0.3) is 10.1 Å². The van der Waals surface area contributed by atoms with Crippen molar-refractivity contribution in [2.75, 3.05) is 6.26 Å². The molecule has 0 radical (unpaired) electrons. The van der Waals surface area contributed by atoms with Crippen molar-refractivity contribution < 1.29 is 21.4 Å². The molecule has 0 saturated carbocycles. The highest BCUT2D eigenvalue weighted by Gasteiger charge is 2.20. The molecular weight excluding hydrogens is 268 g/mol. The van der Waals surface area contributed by atoms with Crippen molar-refractivity contribution in [1.29, 1.82) is 0 Å². The van der Waals surface area contributed by atoms with Crippen molar-refractivity contribution in [2.24, 2.45) is 0 Å². The Bertz CT molecular complexity index is 594. The molecule has 0 fully saturated rings. The standard InChI is InChI=1S/C5H5ClN2O5S2/c1-14(9,10)5-7-2-3(4(6)8-5)15(11,12)13/h2H,1H3,(H,11,12,13). The summed E-state index contributed by atoms with van der Waals surface area (Å²) >= 11 is 5.37. The molecule has 1 aromatic heterocycles. The van der Waals surface area contributed by atoms with Crippen LogP contribution in [0.1, 0.15) is 0 Å². The molecule has 0 saturated heterocycles. The molecule has 1 heterocycles. The second-order valence-corrected chi connectivity index (χ2v) is 6.21. The van der Waals surface area contributed by atoms with Gasteiger partial charge in [-0.2, -0.15) is 8.42 Å². The van der Waals surface area contributed by atoms with Gasteiger partial charge in [0.2, 0.25) is 15.0 Å². The van der Waals surface area contributed by atoms with Gasteiger partial charge in [0.05, 0.1) is 6.20 Å². The summed E-state index contributed by atoms with van der Waals surface area (Å²) in [4.78, 5) is 5.75. The van der Waals surface area contributed by atoms with Gasteiger partial charge in [0, 0.05) is 6.26 Å². The lowest BCUT2D eigenvalue weighted by Crippen LogP contribution is -2.08. The van der Waals surface area contributed by atoms with Crippen LogP contribution in [0.3, 0.4) is 0 Å². The predicted molar refractivity (Wildman–Crippen MR) is 50.0 cm³/mol. The third-order valence-electron chi connectivity index (χ3n) is 1.30. The summed E-state index contributed by atoms with van der Waals surface area (Å²) in [5.74, 6) is 0. The normalized spacial score (nSPS) is 12.7. The molecule has 0 aliphatic carbocycles. The fourth-order valence-electron chi connectivity index (χ4n) is 0.687. The second kappa shape index (κ2) is 3.67. The molecule has 0 aliphatic heterocycles. The first-order valence-electron chi connectivity index (χ1n) is 3.32. The Labute approximate surface area is 90.8 Å². The molecule has 7 nitrogen and oxygen atoms in total. The number of nitrogens with zero attached hydrogens (tertiary/aromatic N) is 2. The molecule has 15 heavy (non-hydrogen) atoms. The van der Waals surface area contributed by atoms with E-state index in [1.54, 1.807) is 0 Å². The molecule has 0 unspecified atom stereocenters. The molecule has 1 aromatic rings. The van der Waals surface area contributed by atoms with Gasteiger partial charge in [0.1, 0.15) is 4.90 Å². The summed E-state index contributed by atoms with van der Waals surface area (Å²) in [5, 5.41) is -1.26. The van der Waals surface area contributed by atoms with E-state index in [1.165, 1.54) is 0 Å². The number of rotatable bonds is 2. The largest absolute Gasteiger partial charge is 0.299 e. The minimum absolute atomic E-state index is 0.611. The Balaban J connectivity index is 3.47. The highest BCUT2D eigenvalue weighted by molar-refractivity contribution is 7.90. The van der Waals surface area contributed by atoms with Gasteiger partial charge >= 0.3 is 0 Å². The fraction of sp³-hybridized carbons (Fsp3) is 0.200. The molecule has 0 atom stereocenters. The van der Waals surface area contributed by atoms with Crippen LogP contribution in [-0.4, -0.2) is 37.6 Å². The lowest BCUT2D eigenvalue weighted by molar-refractivity contribution is 0.481. The van der Waals surface area contributed by atoms with Crippen LogP contribution in [0, 0.1) is 0 Å². The molecule has 0 amide bonds. The van der Waals surface area contributed by atoms with Gasteiger partial charge < -0.3 is 0 Å². The van der Waals surface area contributed by atoms with Crippen molar-refractivity contribution >= 4 is 31.6 Å². The lowest BCUT2D eigenvalue weighted by atomic mass is 10.7. The number of halogens is 1. The first kappa shape index (κ1) is 12.3. The van der Waals surface area contributed by atoms with Crippen molar-refractivity contribution in [1.82, 2.24) is 9.97 Å². The minimum atomic E-state index is -4.55. The van der Waals surface area contributed by atoms with Gasteiger partial charge in [-0.1, -0.05) is 11.6 Å². The van der Waals surface area contributed by atoms with Crippen LogP contribution in [0.15, 0.2) is 16.2 Å². The monoisotopic (exact) mass is 272 g/mol. The van der Waals surface area contributed by atoms with Crippen molar-refractivity contribution in [2.45, 2.75) is 10.1 Å². The van der Waals surface area contributed by atoms with Gasteiger partial charge in [-0.25, -0.2) is 18.4 Å². The van der Waals surface area contributed by atoms with E-state index in [9.17, 15) is 16.8 Å². The summed E-state index contributed by atoms with van der Waals surface area (Å²) < 4.78 is 51.8. The smallest absolute Gasteiger partial charge is 0.282 e. The maximum atomic E-state index is 11.0. The molecule has 0 aliphatic rings. The van der Waals surface area contributed by atoms with Crippen LogP contribution in [0.4, 0.5) is 0 Å². The third-order valence-corrected chi connectivity index (χ3v) is 3.41. The average Bonchev–Trinajstić information content (AvgIpc) is 1.99. The van der Waals surface area contributed by atoms with Crippen molar-refractivity contribution in [3.8, 4) is 0 Å². The van der Waals surface area contributed by atoms with E-state index in [4.69, 9.17) is 16.2 Å². The molecular formula is C5H5ClN2O5S2. The zero-order chi connectivity index (χ0) is 11.9. The Morgan fingerprint density at radius 2 is 1.87 bits per heavy atom. The highest BCUT2D eigenvalue weighted by Crippen LogP contribution is 2.18. The third kappa shape index (κ3) is 2.84. The number of aromatic nitrogens is 2. The van der Waals surface area contributed by atoms with Crippen molar-refractivity contribution in [3.05, 3.63) is 11.3 Å². The predicted octanol–water partition coefficient (Wildman–Crippen LogP) is -0.220. The SMILES string of the molecule is CS(=O)(=O)c1ncc(S(=O)(=O)O)c(Cl)n1. The number of sulfone groups is 1. The summed E-state index contributed by atoms with van der Waals surface area (Å²) in [7, 11) is -8.22. The molecule has 0 spiro atoms. The first-order chi connectivity index (χ1) is 6.62. The van der Waals surface area contributed by atoms with Crippen LogP contribution >= 0.6 is 11.6 Å². The van der Waals surface area contributed by atoms with E-state index < -0.39 is 35.2 Å². The Morgan fingerprint density at radius 3 is 2.20 bits per heavy atom. The molecule has 1 rings (SSSR count). The zero-order valence-corrected chi connectivity index (χ0v) is 9.64. The summed E-state index contributed by atoms with van der Waals surface area (Å²) in [6.07, 6.45) is 1.47. The Hall–Kier alpha value is -0.770. The fourth-order valence-corrected chi connectivity index (χ4v) is 2.10. The topological polar surface area (TPSA) is 114 Å². The van der Waals surface area contributed by atoms with E-state index in [0.29, 0.717) is 6.20 Å². The van der Waals surface area contributed by atoms with Crippen molar-refractivity contribution in [3.63, 3.8) is 0 Å². The maximum absolute atomic E-state index is 11.0. The Morgan fingerprint density at radius 1 is 1.33 bits per heavy atom. The minimum Gasteiger partial charge on any atom is -0.282 e. The zero-order valence-electron chi connectivity index (χ0n) is 7.25. The summed E-state index contributed by atoms with van der Waals surface area (Å²) in [5.41, 5.74) is 0. The molecule has 1 N–H and O–H groups in total. The molecule has 0 bridgehead atoms. The van der Waals surface area contributed by atoms with Crippen LogP contribution < -0.4 is 0 Å². The summed E-state index contributed by atoms with van der Waals surface area (Å²) in [6.45, 7) is 0. The van der Waals surface area contributed by atoms with E-state index in [1.807, 2.05) is 0 Å². The van der Waals surface area contributed by atoms with Gasteiger partial charge in [-0.3, -0.25) is 4.55 Å². The van der Waals surface area contributed by atoms with E-state index >= 15 is 0 Å². The van der Waals surface area contributed by atoms with Crippen LogP contribution in [0.2, 0.25) is 5.15 Å². The van der Waals surface area contributed by atoms with E-state index in [0.717, 1.165) is 6.26 Å². The summed E-state index contributed by atoms with van der Waals surface area (Å²) in [6, 6.07) is 0. The highest BCUT2D eigenvalue weighted by atomic mass is 35.5. The van der Waals surface area contributed by atoms with E-state index in [-0.39, 0.29) is 0 Å². The number of hydrogen-bond acceptors (Lipinski definition) is 6. The molecule has 84 valence electrons. The Kier molecular flexibility index (Phi) is 3.01. The molecule has 10 heteroatoms. The van der Waals surface area contributed by atoms with Gasteiger partial charge in [-0.15, -0.1) is 0 Å². The van der Waals surface area contributed by atoms with Gasteiger partial charge in [-0.05, 0) is 0 Å². The van der Waals surface area contributed by atoms with Crippen LogP contribution in [-0.2, 0) is 20.0 Å². The lowest BCUT2D eigenvalue weighted by Gasteiger charge is -2.00. The van der Waals surface area contributed by atoms with Crippen LogP contribution in [0.25, 0.3) is 0 Å². The number of hydrogen-bond donors (Lipinski definition) is 1. The van der Waals surface area contributed by atoms with Gasteiger partial charge in [0.15, 0.2) is 5.15 Å².